The summed E-state index contributed by atoms with van der Waals surface area (Å²) in [5.41, 5.74) is -1.10. The highest BCUT2D eigenvalue weighted by Gasteiger charge is 2.31. The number of phenols is 1. The molecule has 2 aromatic rings. The van der Waals surface area contributed by atoms with E-state index < -0.39 is 30.2 Å². The van der Waals surface area contributed by atoms with Gasteiger partial charge in [-0.2, -0.15) is 13.2 Å². The second-order valence-electron chi connectivity index (χ2n) is 5.72. The van der Waals surface area contributed by atoms with Crippen LogP contribution in [0.1, 0.15) is 15.9 Å². The second-order valence-corrected chi connectivity index (χ2v) is 5.72. The summed E-state index contributed by atoms with van der Waals surface area (Å²) in [5, 5.41) is 11.4. The number of hydrogen-bond acceptors (Lipinski definition) is 6. The van der Waals surface area contributed by atoms with Crippen molar-refractivity contribution >= 4 is 17.6 Å². The van der Waals surface area contributed by atoms with Crippen LogP contribution in [0.3, 0.4) is 0 Å². The lowest BCUT2D eigenvalue weighted by molar-refractivity contribution is -0.137. The molecule has 1 amide bonds. The molecule has 0 spiro atoms. The number of benzene rings is 2. The monoisotopic (exact) mass is 413 g/mol. The Morgan fingerprint density at radius 3 is 2.38 bits per heavy atom. The number of hydrogen-bond donors (Lipinski definition) is 2. The summed E-state index contributed by atoms with van der Waals surface area (Å²) in [4.78, 5) is 23.9. The summed E-state index contributed by atoms with van der Waals surface area (Å²) >= 11 is 0. The molecule has 2 N–H and O–H groups in total. The Kier molecular flexibility index (Phi) is 7.43. The molecule has 2 aromatic carbocycles. The number of carbonyl (C=O) groups is 2. The van der Waals surface area contributed by atoms with Crippen LogP contribution in [-0.2, 0) is 20.4 Å². The highest BCUT2D eigenvalue weighted by atomic mass is 19.4. The maximum atomic E-state index is 13.0. The van der Waals surface area contributed by atoms with Crippen molar-refractivity contribution < 1.29 is 42.1 Å². The Bertz CT molecular complexity index is 852. The number of rotatable bonds is 8. The van der Waals surface area contributed by atoms with Crippen LogP contribution in [-0.4, -0.2) is 43.9 Å². The van der Waals surface area contributed by atoms with Crippen molar-refractivity contribution in [3.05, 3.63) is 53.6 Å². The lowest BCUT2D eigenvalue weighted by Gasteiger charge is -2.15. The third-order valence-corrected chi connectivity index (χ3v) is 3.56. The molecule has 7 nitrogen and oxygen atoms in total. The molecule has 10 heteroatoms. The Hall–Kier alpha value is -3.27. The van der Waals surface area contributed by atoms with Gasteiger partial charge in [-0.05, 0) is 42.5 Å². The molecule has 0 aliphatic heterocycles. The first kappa shape index (κ1) is 22.0. The molecule has 2 rings (SSSR count). The smallest absolute Gasteiger partial charge is 0.416 e. The van der Waals surface area contributed by atoms with Crippen LogP contribution in [0.15, 0.2) is 42.5 Å². The Balaban J connectivity index is 2.06. The van der Waals surface area contributed by atoms with Crippen LogP contribution >= 0.6 is 0 Å². The number of ether oxygens (including phenoxy) is 3. The van der Waals surface area contributed by atoms with Gasteiger partial charge in [-0.3, -0.25) is 4.79 Å². The predicted molar refractivity (Wildman–Crippen MR) is 95.8 cm³/mol. The van der Waals surface area contributed by atoms with E-state index in [1.807, 2.05) is 0 Å². The van der Waals surface area contributed by atoms with E-state index in [9.17, 15) is 27.9 Å². The van der Waals surface area contributed by atoms with Crippen molar-refractivity contribution in [2.45, 2.75) is 6.18 Å². The Labute approximate surface area is 164 Å². The zero-order chi connectivity index (χ0) is 21.4. The van der Waals surface area contributed by atoms with Crippen molar-refractivity contribution in [1.82, 2.24) is 0 Å². The number of amides is 1. The number of phenolic OH excluding ortho intramolecular Hbond substituents is 1. The van der Waals surface area contributed by atoms with Gasteiger partial charge in [0.1, 0.15) is 18.1 Å². The molecule has 29 heavy (non-hydrogen) atoms. The second kappa shape index (κ2) is 9.78. The fourth-order valence-electron chi connectivity index (χ4n) is 2.16. The standard InChI is InChI=1S/C19H18F3NO6/c1-27-8-9-28-16-7-4-13(19(20,21)22)10-15(16)23-17(25)11-29-18(26)12-2-5-14(24)6-3-12/h2-7,10,24H,8-9,11H2,1H3,(H,23,25). The number of alkyl halides is 3. The van der Waals surface area contributed by atoms with Crippen LogP contribution in [0.4, 0.5) is 18.9 Å². The van der Waals surface area contributed by atoms with Crippen molar-refractivity contribution in [1.29, 1.82) is 0 Å². The molecule has 0 unspecified atom stereocenters. The van der Waals surface area contributed by atoms with Gasteiger partial charge < -0.3 is 24.6 Å². The first-order chi connectivity index (χ1) is 13.7. The SMILES string of the molecule is COCCOc1ccc(C(F)(F)F)cc1NC(=O)COC(=O)c1ccc(O)cc1. The summed E-state index contributed by atoms with van der Waals surface area (Å²) in [7, 11) is 1.43. The summed E-state index contributed by atoms with van der Waals surface area (Å²) in [5.74, 6) is -1.73. The zero-order valence-corrected chi connectivity index (χ0v) is 15.3. The maximum absolute atomic E-state index is 13.0. The van der Waals surface area contributed by atoms with Gasteiger partial charge in [0.05, 0.1) is 23.4 Å². The van der Waals surface area contributed by atoms with Crippen LogP contribution < -0.4 is 10.1 Å². The average molecular weight is 413 g/mol. The molecule has 0 saturated carbocycles. The molecule has 0 radical (unpaired) electrons. The van der Waals surface area contributed by atoms with Crippen LogP contribution in [0.5, 0.6) is 11.5 Å². The minimum Gasteiger partial charge on any atom is -0.508 e. The summed E-state index contributed by atoms with van der Waals surface area (Å²) in [6.45, 7) is -0.479. The van der Waals surface area contributed by atoms with Crippen molar-refractivity contribution in [2.75, 3.05) is 32.2 Å². The molecule has 0 heterocycles. The van der Waals surface area contributed by atoms with E-state index in [4.69, 9.17) is 14.2 Å². The lowest BCUT2D eigenvalue weighted by Crippen LogP contribution is -2.22. The normalized spacial score (nSPS) is 11.0. The van der Waals surface area contributed by atoms with Crippen molar-refractivity contribution in [2.24, 2.45) is 0 Å². The molecular weight excluding hydrogens is 395 g/mol. The molecule has 156 valence electrons. The van der Waals surface area contributed by atoms with E-state index in [-0.39, 0.29) is 36.0 Å². The van der Waals surface area contributed by atoms with E-state index in [0.29, 0.717) is 0 Å². The van der Waals surface area contributed by atoms with E-state index >= 15 is 0 Å². The number of nitrogens with one attached hydrogen (secondary N) is 1. The van der Waals surface area contributed by atoms with Crippen LogP contribution in [0, 0.1) is 0 Å². The largest absolute Gasteiger partial charge is 0.508 e. The first-order valence-electron chi connectivity index (χ1n) is 8.29. The molecular formula is C19H18F3NO6. The molecule has 0 aliphatic carbocycles. The minimum absolute atomic E-state index is 0.00765. The fourth-order valence-corrected chi connectivity index (χ4v) is 2.16. The van der Waals surface area contributed by atoms with E-state index in [1.165, 1.54) is 31.4 Å². The van der Waals surface area contributed by atoms with Gasteiger partial charge in [0.25, 0.3) is 5.91 Å². The molecule has 0 aromatic heterocycles. The number of aromatic hydroxyl groups is 1. The highest BCUT2D eigenvalue weighted by molar-refractivity contribution is 5.96. The third kappa shape index (κ3) is 6.68. The van der Waals surface area contributed by atoms with Crippen molar-refractivity contribution in [3.63, 3.8) is 0 Å². The number of halogens is 3. The summed E-state index contributed by atoms with van der Waals surface area (Å²) in [6, 6.07) is 7.75. The number of anilines is 1. The van der Waals surface area contributed by atoms with E-state index in [0.717, 1.165) is 18.2 Å². The molecule has 0 fully saturated rings. The predicted octanol–water partition coefficient (Wildman–Crippen LogP) is 3.23. The zero-order valence-electron chi connectivity index (χ0n) is 15.3. The number of esters is 1. The maximum Gasteiger partial charge on any atom is 0.416 e. The van der Waals surface area contributed by atoms with Gasteiger partial charge in [-0.15, -0.1) is 0 Å². The summed E-state index contributed by atoms with van der Waals surface area (Å²) < 4.78 is 53.8. The molecule has 0 bridgehead atoms. The van der Waals surface area contributed by atoms with E-state index in [2.05, 4.69) is 5.32 Å². The lowest BCUT2D eigenvalue weighted by atomic mass is 10.1. The van der Waals surface area contributed by atoms with Crippen LogP contribution in [0.25, 0.3) is 0 Å². The Morgan fingerprint density at radius 1 is 1.07 bits per heavy atom. The average Bonchev–Trinajstić information content (AvgIpc) is 2.67. The quantitative estimate of drug-likeness (QED) is 0.510. The van der Waals surface area contributed by atoms with Gasteiger partial charge in [0, 0.05) is 7.11 Å². The van der Waals surface area contributed by atoms with Gasteiger partial charge in [-0.1, -0.05) is 0 Å². The summed E-state index contributed by atoms with van der Waals surface area (Å²) in [6.07, 6.45) is -4.62. The van der Waals surface area contributed by atoms with Crippen LogP contribution in [0.2, 0.25) is 0 Å². The number of methoxy groups -OCH3 is 1. The fraction of sp³-hybridized carbons (Fsp3) is 0.263. The van der Waals surface area contributed by atoms with Gasteiger partial charge in [-0.25, -0.2) is 4.79 Å². The Morgan fingerprint density at radius 2 is 1.76 bits per heavy atom. The van der Waals surface area contributed by atoms with Crippen molar-refractivity contribution in [3.8, 4) is 11.5 Å². The van der Waals surface area contributed by atoms with E-state index in [1.54, 1.807) is 0 Å². The van der Waals surface area contributed by atoms with Gasteiger partial charge in [0.2, 0.25) is 0 Å². The third-order valence-electron chi connectivity index (χ3n) is 3.56. The molecule has 0 saturated heterocycles. The highest BCUT2D eigenvalue weighted by Crippen LogP contribution is 2.35. The first-order valence-corrected chi connectivity index (χ1v) is 8.29. The number of carbonyl (C=O) groups excluding carboxylic acids is 2. The minimum atomic E-state index is -4.62. The van der Waals surface area contributed by atoms with Gasteiger partial charge >= 0.3 is 12.1 Å². The van der Waals surface area contributed by atoms with Gasteiger partial charge in [0.15, 0.2) is 6.61 Å². The molecule has 0 aliphatic rings. The topological polar surface area (TPSA) is 94.1 Å². The molecule has 0 atom stereocenters.